The number of nitrogens with one attached hydrogen (secondary N) is 1. The van der Waals surface area contributed by atoms with Crippen molar-refractivity contribution in [3.63, 3.8) is 0 Å². The quantitative estimate of drug-likeness (QED) is 0.288. The Morgan fingerprint density at radius 1 is 1.29 bits per heavy atom. The van der Waals surface area contributed by atoms with E-state index in [0.717, 1.165) is 31.6 Å². The van der Waals surface area contributed by atoms with Crippen LogP contribution in [0.3, 0.4) is 0 Å². The molecule has 0 bridgehead atoms. The van der Waals surface area contributed by atoms with Crippen molar-refractivity contribution >= 4 is 47.2 Å². The van der Waals surface area contributed by atoms with Gasteiger partial charge in [-0.1, -0.05) is 11.6 Å². The molecule has 120 valence electrons. The molecule has 1 rings (SSSR count). The zero-order valence-electron chi connectivity index (χ0n) is 12.4. The summed E-state index contributed by atoms with van der Waals surface area (Å²) < 4.78 is 10.1. The van der Waals surface area contributed by atoms with E-state index >= 15 is 0 Å². The van der Waals surface area contributed by atoms with Crippen LogP contribution >= 0.6 is 35.6 Å². The molecule has 21 heavy (non-hydrogen) atoms. The molecule has 1 aromatic carbocycles. The van der Waals surface area contributed by atoms with Crippen molar-refractivity contribution in [1.29, 1.82) is 0 Å². The van der Waals surface area contributed by atoms with Gasteiger partial charge in [0.15, 0.2) is 5.96 Å². The Balaban J connectivity index is 0.00000400. The second kappa shape index (κ2) is 11.9. The Hall–Kier alpha value is -0.730. The number of aliphatic imine (C=N–C) groups is 1. The fourth-order valence-corrected chi connectivity index (χ4v) is 1.92. The molecule has 0 unspecified atom stereocenters. The second-order valence-electron chi connectivity index (χ2n) is 4.29. The summed E-state index contributed by atoms with van der Waals surface area (Å²) in [6.45, 7) is 1.49. The molecule has 5 nitrogen and oxygen atoms in total. The number of nitrogens with zero attached hydrogens (tertiary/aromatic N) is 1. The number of anilines is 1. The number of hydrogen-bond donors (Lipinski definition) is 2. The summed E-state index contributed by atoms with van der Waals surface area (Å²) in [4.78, 5) is 4.26. The van der Waals surface area contributed by atoms with E-state index in [-0.39, 0.29) is 24.0 Å². The molecule has 0 saturated heterocycles. The molecule has 0 aromatic heterocycles. The summed E-state index contributed by atoms with van der Waals surface area (Å²) in [6, 6.07) is 5.37. The fourth-order valence-electron chi connectivity index (χ4n) is 1.67. The lowest BCUT2D eigenvalue weighted by molar-refractivity contribution is 0.192. The van der Waals surface area contributed by atoms with Crippen LogP contribution in [0.1, 0.15) is 19.3 Å². The van der Waals surface area contributed by atoms with Gasteiger partial charge in [0.1, 0.15) is 5.75 Å². The number of halogens is 2. The minimum atomic E-state index is 0. The number of guanidine groups is 1. The van der Waals surface area contributed by atoms with Crippen molar-refractivity contribution in [2.75, 3.05) is 32.7 Å². The van der Waals surface area contributed by atoms with Gasteiger partial charge in [-0.2, -0.15) is 0 Å². The molecule has 3 N–H and O–H groups in total. The Morgan fingerprint density at radius 3 is 2.67 bits per heavy atom. The monoisotopic (exact) mass is 427 g/mol. The van der Waals surface area contributed by atoms with Crippen molar-refractivity contribution < 1.29 is 9.47 Å². The predicted octanol–water partition coefficient (Wildman–Crippen LogP) is 3.51. The molecule has 0 saturated carbocycles. The molecular weight excluding hydrogens is 405 g/mol. The number of benzene rings is 1. The van der Waals surface area contributed by atoms with Gasteiger partial charge in [-0.3, -0.25) is 4.99 Å². The predicted molar refractivity (Wildman–Crippen MR) is 99.3 cm³/mol. The Labute approximate surface area is 148 Å². The Bertz CT molecular complexity index is 444. The first-order valence-electron chi connectivity index (χ1n) is 6.56. The normalized spacial score (nSPS) is 10.9. The van der Waals surface area contributed by atoms with Crippen LogP contribution in [-0.4, -0.2) is 33.3 Å². The van der Waals surface area contributed by atoms with Crippen LogP contribution in [0.25, 0.3) is 0 Å². The Morgan fingerprint density at radius 2 is 2.05 bits per heavy atom. The van der Waals surface area contributed by atoms with E-state index in [1.807, 2.05) is 6.07 Å². The highest BCUT2D eigenvalue weighted by atomic mass is 127. The molecule has 0 atom stereocenters. The number of ether oxygens (including phenoxy) is 2. The highest BCUT2D eigenvalue weighted by Crippen LogP contribution is 2.26. The minimum absolute atomic E-state index is 0. The van der Waals surface area contributed by atoms with Crippen molar-refractivity contribution in [2.45, 2.75) is 19.3 Å². The molecule has 1 aromatic rings. The largest absolute Gasteiger partial charge is 0.495 e. The minimum Gasteiger partial charge on any atom is -0.495 e. The van der Waals surface area contributed by atoms with Gasteiger partial charge in [-0.25, -0.2) is 0 Å². The van der Waals surface area contributed by atoms with E-state index in [4.69, 9.17) is 26.8 Å². The zero-order chi connectivity index (χ0) is 14.8. The number of unbranched alkanes of at least 4 members (excludes halogenated alkanes) is 2. The molecule has 7 heteroatoms. The van der Waals surface area contributed by atoms with Crippen LogP contribution in [0, 0.1) is 0 Å². The molecule has 0 aliphatic rings. The van der Waals surface area contributed by atoms with Gasteiger partial charge in [0.2, 0.25) is 0 Å². The van der Waals surface area contributed by atoms with Gasteiger partial charge in [0.25, 0.3) is 0 Å². The molecular formula is C14H23ClIN3O2. The highest BCUT2D eigenvalue weighted by molar-refractivity contribution is 14.0. The topological polar surface area (TPSA) is 68.9 Å². The van der Waals surface area contributed by atoms with Gasteiger partial charge >= 0.3 is 0 Å². The molecule has 0 amide bonds. The molecule has 0 radical (unpaired) electrons. The van der Waals surface area contributed by atoms with Crippen LogP contribution in [0.2, 0.25) is 5.02 Å². The average Bonchev–Trinajstić information content (AvgIpc) is 2.43. The maximum atomic E-state index is 6.03. The number of rotatable bonds is 8. The molecule has 0 spiro atoms. The standard InChI is InChI=1S/C14H22ClN3O2.HI/c1-19-9-5-3-4-8-17-14(16)18-11-6-7-13(20-2)12(15)10-11;/h6-7,10H,3-5,8-9H2,1-2H3,(H3,16,17,18);1H. The van der Waals surface area contributed by atoms with Crippen LogP contribution in [0.4, 0.5) is 5.69 Å². The third-order valence-electron chi connectivity index (χ3n) is 2.71. The first-order valence-corrected chi connectivity index (χ1v) is 6.94. The van der Waals surface area contributed by atoms with Crippen LogP contribution in [-0.2, 0) is 4.74 Å². The zero-order valence-corrected chi connectivity index (χ0v) is 15.5. The lowest BCUT2D eigenvalue weighted by atomic mass is 10.2. The van der Waals surface area contributed by atoms with Crippen LogP contribution in [0.15, 0.2) is 23.2 Å². The van der Waals surface area contributed by atoms with Crippen molar-refractivity contribution in [3.05, 3.63) is 23.2 Å². The first kappa shape index (κ1) is 20.3. The van der Waals surface area contributed by atoms with Gasteiger partial charge < -0.3 is 20.5 Å². The SMILES string of the molecule is COCCCCCN=C(N)Nc1ccc(OC)c(Cl)c1.I. The number of nitrogens with two attached hydrogens (primary N) is 1. The lowest BCUT2D eigenvalue weighted by Crippen LogP contribution is -2.22. The number of hydrogen-bond acceptors (Lipinski definition) is 3. The van der Waals surface area contributed by atoms with E-state index in [9.17, 15) is 0 Å². The molecule has 0 fully saturated rings. The van der Waals surface area contributed by atoms with E-state index in [1.54, 1.807) is 26.4 Å². The van der Waals surface area contributed by atoms with E-state index in [1.165, 1.54) is 0 Å². The van der Waals surface area contributed by atoms with Crippen molar-refractivity contribution in [2.24, 2.45) is 10.7 Å². The van der Waals surface area contributed by atoms with Crippen molar-refractivity contribution in [1.82, 2.24) is 0 Å². The van der Waals surface area contributed by atoms with Crippen LogP contribution in [0.5, 0.6) is 5.75 Å². The maximum Gasteiger partial charge on any atom is 0.193 e. The van der Waals surface area contributed by atoms with Gasteiger partial charge in [-0.15, -0.1) is 24.0 Å². The lowest BCUT2D eigenvalue weighted by Gasteiger charge is -2.08. The van der Waals surface area contributed by atoms with Gasteiger partial charge in [-0.05, 0) is 37.5 Å². The van der Waals surface area contributed by atoms with Gasteiger partial charge in [0.05, 0.1) is 12.1 Å². The number of methoxy groups -OCH3 is 2. The molecule has 0 aliphatic heterocycles. The molecule has 0 aliphatic carbocycles. The third-order valence-corrected chi connectivity index (χ3v) is 3.01. The van der Waals surface area contributed by atoms with Gasteiger partial charge in [0, 0.05) is 25.9 Å². The van der Waals surface area contributed by atoms with Crippen LogP contribution < -0.4 is 15.8 Å². The fraction of sp³-hybridized carbons (Fsp3) is 0.500. The summed E-state index contributed by atoms with van der Waals surface area (Å²) in [7, 11) is 3.29. The second-order valence-corrected chi connectivity index (χ2v) is 4.70. The highest BCUT2D eigenvalue weighted by Gasteiger charge is 2.02. The Kier molecular flexibility index (Phi) is 11.5. The summed E-state index contributed by atoms with van der Waals surface area (Å²) in [5, 5.41) is 3.53. The van der Waals surface area contributed by atoms with Crippen molar-refractivity contribution in [3.8, 4) is 5.75 Å². The summed E-state index contributed by atoms with van der Waals surface area (Å²) in [5.41, 5.74) is 6.60. The third kappa shape index (κ3) is 8.33. The smallest absolute Gasteiger partial charge is 0.193 e. The first-order chi connectivity index (χ1) is 9.67. The maximum absolute atomic E-state index is 6.03. The average molecular weight is 428 g/mol. The van der Waals surface area contributed by atoms with E-state index in [0.29, 0.717) is 23.3 Å². The van der Waals surface area contributed by atoms with E-state index in [2.05, 4.69) is 10.3 Å². The summed E-state index contributed by atoms with van der Waals surface area (Å²) in [5.74, 6) is 1.02. The molecule has 0 heterocycles. The summed E-state index contributed by atoms with van der Waals surface area (Å²) in [6.07, 6.45) is 3.13. The van der Waals surface area contributed by atoms with E-state index < -0.39 is 0 Å². The summed E-state index contributed by atoms with van der Waals surface area (Å²) >= 11 is 6.03.